The first kappa shape index (κ1) is 12.6. The third-order valence-electron chi connectivity index (χ3n) is 3.19. The first-order valence-electron chi connectivity index (χ1n) is 6.00. The summed E-state index contributed by atoms with van der Waals surface area (Å²) in [5.41, 5.74) is 2.76. The fourth-order valence-electron chi connectivity index (χ4n) is 2.33. The summed E-state index contributed by atoms with van der Waals surface area (Å²) in [6, 6.07) is 9.72. The Bertz CT molecular complexity index is 615. The smallest absolute Gasteiger partial charge is 0.292 e. The standard InChI is InChI=1S/C14H20N3O/c1-11-13(17(3,4)5)14(18)16(15(11)2)12-9-7-6-8-10-12/h6-10H,1-5H3/q+1. The van der Waals surface area contributed by atoms with Crippen LogP contribution in [0, 0.1) is 6.92 Å². The molecule has 0 radical (unpaired) electrons. The summed E-state index contributed by atoms with van der Waals surface area (Å²) in [5, 5.41) is 0. The van der Waals surface area contributed by atoms with E-state index in [9.17, 15) is 4.79 Å². The minimum absolute atomic E-state index is 0.0497. The summed E-state index contributed by atoms with van der Waals surface area (Å²) in [6.45, 7) is 1.99. The predicted molar refractivity (Wildman–Crippen MR) is 75.3 cm³/mol. The zero-order valence-electron chi connectivity index (χ0n) is 11.6. The Morgan fingerprint density at radius 1 is 1.06 bits per heavy atom. The van der Waals surface area contributed by atoms with Gasteiger partial charge in [0, 0.05) is 7.05 Å². The van der Waals surface area contributed by atoms with E-state index in [1.165, 1.54) is 0 Å². The minimum Gasteiger partial charge on any atom is -0.292 e. The van der Waals surface area contributed by atoms with Crippen LogP contribution in [0.15, 0.2) is 35.1 Å². The highest BCUT2D eigenvalue weighted by Gasteiger charge is 2.27. The lowest BCUT2D eigenvalue weighted by molar-refractivity contribution is 0.480. The van der Waals surface area contributed by atoms with Crippen LogP contribution in [0.5, 0.6) is 0 Å². The topological polar surface area (TPSA) is 26.9 Å². The van der Waals surface area contributed by atoms with Gasteiger partial charge in [-0.3, -0.25) is 14.0 Å². The molecular formula is C14H20N3O+. The predicted octanol–water partition coefficient (Wildman–Crippen LogP) is 1.68. The molecule has 0 fully saturated rings. The molecule has 0 spiro atoms. The molecular weight excluding hydrogens is 226 g/mol. The molecule has 4 nitrogen and oxygen atoms in total. The summed E-state index contributed by atoms with van der Waals surface area (Å²) >= 11 is 0. The molecule has 1 heterocycles. The number of hydrogen-bond donors (Lipinski definition) is 0. The Labute approximate surface area is 107 Å². The van der Waals surface area contributed by atoms with E-state index < -0.39 is 0 Å². The molecule has 2 aromatic rings. The van der Waals surface area contributed by atoms with Crippen molar-refractivity contribution < 1.29 is 0 Å². The zero-order chi connectivity index (χ0) is 13.5. The Balaban J connectivity index is 2.77. The summed E-state index contributed by atoms with van der Waals surface area (Å²) in [6.07, 6.45) is 0. The van der Waals surface area contributed by atoms with Crippen molar-refractivity contribution in [2.24, 2.45) is 7.05 Å². The minimum atomic E-state index is 0.0497. The average Bonchev–Trinajstić information content (AvgIpc) is 2.50. The maximum atomic E-state index is 12.6. The molecule has 0 saturated carbocycles. The third kappa shape index (κ3) is 1.88. The quantitative estimate of drug-likeness (QED) is 0.741. The maximum Gasteiger partial charge on any atom is 0.333 e. The second-order valence-electron chi connectivity index (χ2n) is 5.42. The van der Waals surface area contributed by atoms with Crippen LogP contribution in [0.1, 0.15) is 5.69 Å². The Kier molecular flexibility index (Phi) is 2.91. The average molecular weight is 246 g/mol. The molecule has 1 aromatic carbocycles. The Morgan fingerprint density at radius 2 is 1.61 bits per heavy atom. The second-order valence-corrected chi connectivity index (χ2v) is 5.42. The van der Waals surface area contributed by atoms with E-state index in [0.29, 0.717) is 4.48 Å². The van der Waals surface area contributed by atoms with E-state index in [-0.39, 0.29) is 5.56 Å². The van der Waals surface area contributed by atoms with Crippen molar-refractivity contribution in [3.63, 3.8) is 0 Å². The summed E-state index contributed by atoms with van der Waals surface area (Å²) < 4.78 is 4.16. The van der Waals surface area contributed by atoms with Gasteiger partial charge in [0.2, 0.25) is 5.69 Å². The van der Waals surface area contributed by atoms with Crippen LogP contribution in [0.4, 0.5) is 5.69 Å². The molecule has 1 aromatic heterocycles. The van der Waals surface area contributed by atoms with Gasteiger partial charge in [0.05, 0.1) is 32.5 Å². The molecule has 0 aliphatic rings. The maximum absolute atomic E-state index is 12.6. The van der Waals surface area contributed by atoms with Gasteiger partial charge in [0.25, 0.3) is 0 Å². The summed E-state index contributed by atoms with van der Waals surface area (Å²) in [5.74, 6) is 0. The van der Waals surface area contributed by atoms with Crippen LogP contribution < -0.4 is 10.0 Å². The molecule has 2 rings (SSSR count). The van der Waals surface area contributed by atoms with E-state index in [4.69, 9.17) is 0 Å². The number of nitrogens with zero attached hydrogens (tertiary/aromatic N) is 3. The number of quaternary nitrogens is 1. The Hall–Kier alpha value is -1.81. The fraction of sp³-hybridized carbons (Fsp3) is 0.357. The molecule has 0 amide bonds. The molecule has 0 unspecified atom stereocenters. The number of para-hydroxylation sites is 1. The molecule has 96 valence electrons. The fourth-order valence-corrected chi connectivity index (χ4v) is 2.33. The molecule has 18 heavy (non-hydrogen) atoms. The lowest BCUT2D eigenvalue weighted by Gasteiger charge is -2.21. The number of benzene rings is 1. The molecule has 4 heteroatoms. The van der Waals surface area contributed by atoms with Crippen molar-refractivity contribution in [2.75, 3.05) is 21.1 Å². The van der Waals surface area contributed by atoms with E-state index in [0.717, 1.165) is 17.1 Å². The SMILES string of the molecule is Cc1c([N+](C)(C)C)c(=O)n(-c2ccccc2)n1C. The van der Waals surface area contributed by atoms with Crippen LogP contribution in [0.25, 0.3) is 5.69 Å². The van der Waals surface area contributed by atoms with Gasteiger partial charge in [-0.15, -0.1) is 0 Å². The van der Waals surface area contributed by atoms with Gasteiger partial charge in [-0.05, 0) is 19.1 Å². The summed E-state index contributed by atoms with van der Waals surface area (Å²) in [7, 11) is 7.96. The summed E-state index contributed by atoms with van der Waals surface area (Å²) in [4.78, 5) is 12.6. The van der Waals surface area contributed by atoms with E-state index in [1.807, 2.05) is 70.1 Å². The molecule has 0 atom stereocenters. The number of aromatic nitrogens is 2. The normalized spacial score (nSPS) is 11.8. The lowest BCUT2D eigenvalue weighted by atomic mass is 10.3. The van der Waals surface area contributed by atoms with Gasteiger partial charge in [-0.25, -0.2) is 4.68 Å². The van der Waals surface area contributed by atoms with Crippen LogP contribution >= 0.6 is 0 Å². The van der Waals surface area contributed by atoms with Crippen molar-refractivity contribution in [1.29, 1.82) is 0 Å². The van der Waals surface area contributed by atoms with E-state index >= 15 is 0 Å². The van der Waals surface area contributed by atoms with Gasteiger partial charge in [-0.2, -0.15) is 0 Å². The lowest BCUT2D eigenvalue weighted by Crippen LogP contribution is -2.39. The molecule has 0 bridgehead atoms. The van der Waals surface area contributed by atoms with Gasteiger partial charge in [-0.1, -0.05) is 18.2 Å². The van der Waals surface area contributed by atoms with Crippen molar-refractivity contribution in [2.45, 2.75) is 6.92 Å². The monoisotopic (exact) mass is 246 g/mol. The van der Waals surface area contributed by atoms with Gasteiger partial charge < -0.3 is 0 Å². The zero-order valence-corrected chi connectivity index (χ0v) is 11.6. The van der Waals surface area contributed by atoms with Crippen molar-refractivity contribution >= 4 is 5.69 Å². The van der Waals surface area contributed by atoms with Gasteiger partial charge in [0.1, 0.15) is 0 Å². The van der Waals surface area contributed by atoms with E-state index in [2.05, 4.69) is 0 Å². The number of hydrogen-bond acceptors (Lipinski definition) is 1. The third-order valence-corrected chi connectivity index (χ3v) is 3.19. The first-order chi connectivity index (χ1) is 8.34. The van der Waals surface area contributed by atoms with Crippen LogP contribution in [0.3, 0.4) is 0 Å². The Morgan fingerprint density at radius 3 is 2.06 bits per heavy atom. The van der Waals surface area contributed by atoms with Crippen molar-refractivity contribution in [3.8, 4) is 5.69 Å². The molecule has 0 aliphatic heterocycles. The van der Waals surface area contributed by atoms with Crippen LogP contribution in [-0.4, -0.2) is 30.5 Å². The highest BCUT2D eigenvalue weighted by molar-refractivity contribution is 5.47. The first-order valence-corrected chi connectivity index (χ1v) is 6.00. The molecule has 0 aliphatic carbocycles. The highest BCUT2D eigenvalue weighted by Crippen LogP contribution is 2.19. The van der Waals surface area contributed by atoms with Crippen molar-refractivity contribution in [1.82, 2.24) is 13.8 Å². The van der Waals surface area contributed by atoms with Crippen LogP contribution in [0.2, 0.25) is 0 Å². The number of rotatable bonds is 2. The highest BCUT2D eigenvalue weighted by atomic mass is 16.1. The van der Waals surface area contributed by atoms with E-state index in [1.54, 1.807) is 4.68 Å². The molecule has 0 N–H and O–H groups in total. The largest absolute Gasteiger partial charge is 0.333 e. The van der Waals surface area contributed by atoms with Crippen LogP contribution in [-0.2, 0) is 7.05 Å². The van der Waals surface area contributed by atoms with Gasteiger partial charge >= 0.3 is 5.56 Å². The molecule has 0 saturated heterocycles. The van der Waals surface area contributed by atoms with Gasteiger partial charge in [0.15, 0.2) is 0 Å². The second kappa shape index (κ2) is 4.14. The van der Waals surface area contributed by atoms with Crippen molar-refractivity contribution in [3.05, 3.63) is 46.4 Å².